The molecule has 1 heterocycles. The normalized spacial score (nSPS) is 28.1. The van der Waals surface area contributed by atoms with E-state index in [-0.39, 0.29) is 0 Å². The van der Waals surface area contributed by atoms with Gasteiger partial charge in [-0.1, -0.05) is 52.9 Å². The van der Waals surface area contributed by atoms with Crippen LogP contribution in [0.5, 0.6) is 0 Å². The number of hydrogen-bond acceptors (Lipinski definition) is 2. The smallest absolute Gasteiger partial charge is 0.0309 e. The summed E-state index contributed by atoms with van der Waals surface area (Å²) in [6, 6.07) is 0.771. The second kappa shape index (κ2) is 7.08. The maximum Gasteiger partial charge on any atom is 0.0309 e. The summed E-state index contributed by atoms with van der Waals surface area (Å²) < 4.78 is 0. The first-order chi connectivity index (χ1) is 9.23. The Morgan fingerprint density at radius 1 is 1.11 bits per heavy atom. The van der Waals surface area contributed by atoms with E-state index in [0.29, 0.717) is 5.54 Å². The van der Waals surface area contributed by atoms with Crippen LogP contribution in [0, 0.1) is 5.92 Å². The van der Waals surface area contributed by atoms with Gasteiger partial charge in [-0.15, -0.1) is 0 Å². The minimum absolute atomic E-state index is 0.468. The fraction of sp³-hybridized carbons (Fsp3) is 1.00. The zero-order chi connectivity index (χ0) is 13.7. The van der Waals surface area contributed by atoms with Gasteiger partial charge in [0.15, 0.2) is 0 Å². The molecular weight excluding hydrogens is 232 g/mol. The van der Waals surface area contributed by atoms with Crippen molar-refractivity contribution in [3.8, 4) is 0 Å². The van der Waals surface area contributed by atoms with Crippen LogP contribution in [0.25, 0.3) is 0 Å². The van der Waals surface area contributed by atoms with Gasteiger partial charge in [0.1, 0.15) is 0 Å². The molecule has 112 valence electrons. The molecule has 1 saturated heterocycles. The monoisotopic (exact) mass is 266 g/mol. The van der Waals surface area contributed by atoms with Crippen LogP contribution < -0.4 is 5.32 Å². The lowest BCUT2D eigenvalue weighted by atomic mass is 9.79. The van der Waals surface area contributed by atoms with Crippen molar-refractivity contribution in [2.24, 2.45) is 5.92 Å². The highest BCUT2D eigenvalue weighted by Crippen LogP contribution is 2.32. The lowest BCUT2D eigenvalue weighted by Gasteiger charge is -2.50. The standard InChI is InChI=1S/C17H34N2/c1-4-15(5-2)13-19-14-17(10-8-7-9-11-17)18-12-16(19)6-3/h15-16,18H,4-14H2,1-3H3. The average molecular weight is 266 g/mol. The fourth-order valence-electron chi connectivity index (χ4n) is 4.10. The lowest BCUT2D eigenvalue weighted by molar-refractivity contribution is 0.0417. The Kier molecular flexibility index (Phi) is 5.70. The van der Waals surface area contributed by atoms with E-state index < -0.39 is 0 Å². The van der Waals surface area contributed by atoms with E-state index in [2.05, 4.69) is 31.0 Å². The molecule has 19 heavy (non-hydrogen) atoms. The summed E-state index contributed by atoms with van der Waals surface area (Å²) in [6.45, 7) is 10.9. The number of piperazine rings is 1. The van der Waals surface area contributed by atoms with Crippen molar-refractivity contribution < 1.29 is 0 Å². The third kappa shape index (κ3) is 3.72. The van der Waals surface area contributed by atoms with Crippen molar-refractivity contribution in [1.29, 1.82) is 0 Å². The van der Waals surface area contributed by atoms with Gasteiger partial charge in [-0.05, 0) is 25.2 Å². The van der Waals surface area contributed by atoms with Crippen molar-refractivity contribution in [3.05, 3.63) is 0 Å². The van der Waals surface area contributed by atoms with E-state index in [1.807, 2.05) is 0 Å². The van der Waals surface area contributed by atoms with Crippen molar-refractivity contribution in [3.63, 3.8) is 0 Å². The predicted octanol–water partition coefficient (Wildman–Crippen LogP) is 3.81. The molecule has 1 unspecified atom stereocenters. The predicted molar refractivity (Wildman–Crippen MR) is 83.5 cm³/mol. The maximum atomic E-state index is 3.93. The van der Waals surface area contributed by atoms with Gasteiger partial charge in [0, 0.05) is 31.2 Å². The lowest BCUT2D eigenvalue weighted by Crippen LogP contribution is -2.65. The first kappa shape index (κ1) is 15.3. The van der Waals surface area contributed by atoms with Gasteiger partial charge in [0.2, 0.25) is 0 Å². The van der Waals surface area contributed by atoms with Crippen LogP contribution >= 0.6 is 0 Å². The molecule has 0 aromatic heterocycles. The number of rotatable bonds is 5. The maximum absolute atomic E-state index is 3.93. The quantitative estimate of drug-likeness (QED) is 0.814. The van der Waals surface area contributed by atoms with E-state index >= 15 is 0 Å². The van der Waals surface area contributed by atoms with E-state index in [4.69, 9.17) is 0 Å². The van der Waals surface area contributed by atoms with Crippen molar-refractivity contribution in [1.82, 2.24) is 10.2 Å². The average Bonchev–Trinajstić information content (AvgIpc) is 2.46. The molecule has 2 rings (SSSR count). The molecule has 2 nitrogen and oxygen atoms in total. The molecule has 1 saturated carbocycles. The molecule has 1 aliphatic carbocycles. The Bertz CT molecular complexity index is 254. The molecule has 0 aromatic carbocycles. The van der Waals surface area contributed by atoms with Crippen LogP contribution in [0.1, 0.15) is 72.1 Å². The largest absolute Gasteiger partial charge is 0.308 e. The van der Waals surface area contributed by atoms with Crippen LogP contribution in [-0.4, -0.2) is 36.1 Å². The van der Waals surface area contributed by atoms with Gasteiger partial charge < -0.3 is 5.32 Å². The Hall–Kier alpha value is -0.0800. The van der Waals surface area contributed by atoms with Gasteiger partial charge in [-0.3, -0.25) is 4.90 Å². The minimum atomic E-state index is 0.468. The van der Waals surface area contributed by atoms with Crippen molar-refractivity contribution >= 4 is 0 Å². The highest BCUT2D eigenvalue weighted by molar-refractivity contribution is 4.99. The molecule has 0 aromatic rings. The van der Waals surface area contributed by atoms with Crippen LogP contribution in [0.2, 0.25) is 0 Å². The second-order valence-corrected chi connectivity index (χ2v) is 6.90. The summed E-state index contributed by atoms with van der Waals surface area (Å²) >= 11 is 0. The molecule has 2 fully saturated rings. The van der Waals surface area contributed by atoms with Gasteiger partial charge >= 0.3 is 0 Å². The van der Waals surface area contributed by atoms with Crippen LogP contribution in [0.15, 0.2) is 0 Å². The van der Waals surface area contributed by atoms with Crippen LogP contribution in [0.3, 0.4) is 0 Å². The summed E-state index contributed by atoms with van der Waals surface area (Å²) in [5.41, 5.74) is 0.468. The number of hydrogen-bond donors (Lipinski definition) is 1. The Morgan fingerprint density at radius 2 is 1.79 bits per heavy atom. The SMILES string of the molecule is CCC(CC)CN1CC2(CCCCC2)NCC1CC. The third-order valence-corrected chi connectivity index (χ3v) is 5.66. The Labute approximate surface area is 120 Å². The zero-order valence-electron chi connectivity index (χ0n) is 13.4. The van der Waals surface area contributed by atoms with Gasteiger partial charge in [-0.25, -0.2) is 0 Å². The summed E-state index contributed by atoms with van der Waals surface area (Å²) in [5.74, 6) is 0.896. The molecule has 0 bridgehead atoms. The van der Waals surface area contributed by atoms with Crippen molar-refractivity contribution in [2.45, 2.75) is 83.7 Å². The summed E-state index contributed by atoms with van der Waals surface area (Å²) in [5, 5.41) is 3.93. The van der Waals surface area contributed by atoms with E-state index in [1.165, 1.54) is 71.0 Å². The van der Waals surface area contributed by atoms with E-state index in [0.717, 1.165) is 12.0 Å². The van der Waals surface area contributed by atoms with Gasteiger partial charge in [0.25, 0.3) is 0 Å². The number of nitrogens with zero attached hydrogens (tertiary/aromatic N) is 1. The second-order valence-electron chi connectivity index (χ2n) is 6.90. The first-order valence-electron chi connectivity index (χ1n) is 8.72. The molecule has 1 N–H and O–H groups in total. The minimum Gasteiger partial charge on any atom is -0.308 e. The summed E-state index contributed by atoms with van der Waals surface area (Å²) in [6.07, 6.45) is 11.1. The molecular formula is C17H34N2. The fourth-order valence-corrected chi connectivity index (χ4v) is 4.10. The Morgan fingerprint density at radius 3 is 2.37 bits per heavy atom. The number of nitrogens with one attached hydrogen (secondary N) is 1. The molecule has 2 heteroatoms. The molecule has 1 aliphatic heterocycles. The van der Waals surface area contributed by atoms with Crippen molar-refractivity contribution in [2.75, 3.05) is 19.6 Å². The van der Waals surface area contributed by atoms with E-state index in [9.17, 15) is 0 Å². The first-order valence-corrected chi connectivity index (χ1v) is 8.72. The zero-order valence-corrected chi connectivity index (χ0v) is 13.4. The summed E-state index contributed by atoms with van der Waals surface area (Å²) in [7, 11) is 0. The van der Waals surface area contributed by atoms with E-state index in [1.54, 1.807) is 0 Å². The molecule has 1 spiro atoms. The molecule has 1 atom stereocenters. The van der Waals surface area contributed by atoms with Gasteiger partial charge in [-0.2, -0.15) is 0 Å². The highest BCUT2D eigenvalue weighted by Gasteiger charge is 2.39. The molecule has 0 radical (unpaired) electrons. The van der Waals surface area contributed by atoms with Crippen LogP contribution in [-0.2, 0) is 0 Å². The van der Waals surface area contributed by atoms with Crippen LogP contribution in [0.4, 0.5) is 0 Å². The third-order valence-electron chi connectivity index (χ3n) is 5.66. The highest BCUT2D eigenvalue weighted by atomic mass is 15.3. The molecule has 0 amide bonds. The topological polar surface area (TPSA) is 15.3 Å². The Balaban J connectivity index is 1.99. The molecule has 2 aliphatic rings. The van der Waals surface area contributed by atoms with Gasteiger partial charge in [0.05, 0.1) is 0 Å². The summed E-state index contributed by atoms with van der Waals surface area (Å²) in [4.78, 5) is 2.83.